The first-order chi connectivity index (χ1) is 19.0. The maximum atomic E-state index is 13.2. The zero-order valence-electron chi connectivity index (χ0n) is 23.2. The van der Waals surface area contributed by atoms with E-state index in [9.17, 15) is 40.2 Å². The summed E-state index contributed by atoms with van der Waals surface area (Å²) in [6.07, 6.45) is -6.58. The minimum absolute atomic E-state index is 0.0284. The molecule has 40 heavy (non-hydrogen) atoms. The van der Waals surface area contributed by atoms with E-state index < -0.39 is 67.6 Å². The number of aliphatic hydroxyl groups excluding tert-OH is 6. The number of hydrogen-bond acceptors (Lipinski definition) is 13. The van der Waals surface area contributed by atoms with Gasteiger partial charge in [0.2, 0.25) is 6.29 Å². The van der Waals surface area contributed by atoms with Crippen molar-refractivity contribution >= 4 is 11.9 Å². The molecule has 0 spiro atoms. The molecule has 13 nitrogen and oxygen atoms in total. The molecule has 13 heteroatoms. The Morgan fingerprint density at radius 3 is 2.40 bits per heavy atom. The number of rotatable bonds is 10. The van der Waals surface area contributed by atoms with Crippen molar-refractivity contribution in [2.75, 3.05) is 26.9 Å². The lowest BCUT2D eigenvalue weighted by molar-refractivity contribution is -0.327. The molecule has 3 aliphatic rings. The molecule has 0 aromatic heterocycles. The number of carbonyl (C=O) groups is 2. The van der Waals surface area contributed by atoms with Crippen LogP contribution in [0.4, 0.5) is 0 Å². The molecular formula is C27H42O13. The van der Waals surface area contributed by atoms with Gasteiger partial charge in [-0.3, -0.25) is 4.79 Å². The van der Waals surface area contributed by atoms with Crippen LogP contribution in [0, 0.1) is 29.6 Å². The standard InChI is InChI=1S/C27H42O13/c1-5-14-16(7-21(31)38-19-6-15(12(2)8-28)17(9-29)13(19)3)18(25(35)36-4)11-37-26(14)40-27-24(34)23(33)22(32)20(10-30)39-27/h5,11-13,15-17,19-20,22-24,26-30,32-34H,6-10H2,1-4H3/b14-5+/t12?,13-,15+,16+,17-,19+,20-,22-,23+,24-,26+,27+/m1/s1. The Morgan fingerprint density at radius 2 is 1.82 bits per heavy atom. The molecule has 2 aliphatic heterocycles. The van der Waals surface area contributed by atoms with Crippen molar-refractivity contribution in [3.05, 3.63) is 23.5 Å². The van der Waals surface area contributed by atoms with E-state index in [1.807, 2.05) is 13.8 Å². The Hall–Kier alpha value is -2.10. The van der Waals surface area contributed by atoms with Gasteiger partial charge < -0.3 is 54.3 Å². The highest BCUT2D eigenvalue weighted by atomic mass is 16.8. The van der Waals surface area contributed by atoms with Gasteiger partial charge in [-0.2, -0.15) is 0 Å². The van der Waals surface area contributed by atoms with Crippen molar-refractivity contribution in [3.63, 3.8) is 0 Å². The first-order valence-corrected chi connectivity index (χ1v) is 13.5. The Morgan fingerprint density at radius 1 is 1.12 bits per heavy atom. The molecule has 2 heterocycles. The van der Waals surface area contributed by atoms with Gasteiger partial charge in [-0.1, -0.05) is 19.9 Å². The predicted octanol–water partition coefficient (Wildman–Crippen LogP) is -1.03. The third-order valence-corrected chi connectivity index (χ3v) is 8.43. The first-order valence-electron chi connectivity index (χ1n) is 13.5. The maximum Gasteiger partial charge on any atom is 0.337 e. The van der Waals surface area contributed by atoms with E-state index in [-0.39, 0.29) is 48.9 Å². The Labute approximate surface area is 232 Å². The van der Waals surface area contributed by atoms with Gasteiger partial charge >= 0.3 is 11.9 Å². The molecule has 0 aromatic carbocycles. The fourth-order valence-electron chi connectivity index (χ4n) is 5.88. The van der Waals surface area contributed by atoms with Crippen molar-refractivity contribution < 1.29 is 63.9 Å². The lowest BCUT2D eigenvalue weighted by atomic mass is 9.83. The average molecular weight is 575 g/mol. The summed E-state index contributed by atoms with van der Waals surface area (Å²) in [4.78, 5) is 25.8. The molecule has 0 bridgehead atoms. The first kappa shape index (κ1) is 32.4. The molecule has 0 amide bonds. The van der Waals surface area contributed by atoms with Crippen molar-refractivity contribution in [3.8, 4) is 0 Å². The number of methoxy groups -OCH3 is 1. The Kier molecular flexibility index (Phi) is 11.5. The minimum atomic E-state index is -1.69. The molecule has 1 saturated heterocycles. The predicted molar refractivity (Wildman–Crippen MR) is 136 cm³/mol. The van der Waals surface area contributed by atoms with Crippen LogP contribution in [0.15, 0.2) is 23.5 Å². The summed E-state index contributed by atoms with van der Waals surface area (Å²) in [7, 11) is 1.18. The number of esters is 2. The quantitative estimate of drug-likeness (QED) is 0.137. The van der Waals surface area contributed by atoms with Crippen molar-refractivity contribution in [1.29, 1.82) is 0 Å². The van der Waals surface area contributed by atoms with E-state index in [1.165, 1.54) is 7.11 Å². The molecule has 1 unspecified atom stereocenters. The maximum absolute atomic E-state index is 13.2. The second kappa shape index (κ2) is 14.2. The van der Waals surface area contributed by atoms with E-state index in [0.29, 0.717) is 12.0 Å². The molecule has 12 atom stereocenters. The van der Waals surface area contributed by atoms with Crippen LogP contribution in [0.2, 0.25) is 0 Å². The second-order valence-electron chi connectivity index (χ2n) is 10.7. The highest BCUT2D eigenvalue weighted by Gasteiger charge is 2.48. The fraction of sp³-hybridized carbons (Fsp3) is 0.778. The molecule has 1 aliphatic carbocycles. The smallest absolute Gasteiger partial charge is 0.337 e. The van der Waals surface area contributed by atoms with Crippen LogP contribution in [-0.2, 0) is 33.3 Å². The zero-order valence-corrected chi connectivity index (χ0v) is 23.2. The monoisotopic (exact) mass is 574 g/mol. The van der Waals surface area contributed by atoms with Crippen LogP contribution >= 0.6 is 0 Å². The summed E-state index contributed by atoms with van der Waals surface area (Å²) in [5.41, 5.74) is 0.344. The van der Waals surface area contributed by atoms with Gasteiger partial charge in [0.05, 0.1) is 32.0 Å². The number of ether oxygens (including phenoxy) is 5. The van der Waals surface area contributed by atoms with E-state index >= 15 is 0 Å². The minimum Gasteiger partial charge on any atom is -0.468 e. The van der Waals surface area contributed by atoms with Gasteiger partial charge in [0.1, 0.15) is 30.5 Å². The Bertz CT molecular complexity index is 933. The van der Waals surface area contributed by atoms with Crippen LogP contribution < -0.4 is 0 Å². The van der Waals surface area contributed by atoms with E-state index in [1.54, 1.807) is 13.0 Å². The fourth-order valence-corrected chi connectivity index (χ4v) is 5.88. The van der Waals surface area contributed by atoms with Gasteiger partial charge in [-0.15, -0.1) is 0 Å². The average Bonchev–Trinajstić information content (AvgIpc) is 3.26. The molecule has 1 saturated carbocycles. The topological polar surface area (TPSA) is 202 Å². The third-order valence-electron chi connectivity index (χ3n) is 8.43. The lowest BCUT2D eigenvalue weighted by Gasteiger charge is -2.42. The number of aliphatic hydroxyl groups is 6. The number of allylic oxidation sites excluding steroid dienone is 1. The molecular weight excluding hydrogens is 532 g/mol. The van der Waals surface area contributed by atoms with Crippen LogP contribution in [0.3, 0.4) is 0 Å². The third kappa shape index (κ3) is 6.68. The van der Waals surface area contributed by atoms with Crippen LogP contribution in [0.1, 0.15) is 33.6 Å². The van der Waals surface area contributed by atoms with E-state index in [0.717, 1.165) is 6.26 Å². The van der Waals surface area contributed by atoms with Crippen molar-refractivity contribution in [2.24, 2.45) is 29.6 Å². The summed E-state index contributed by atoms with van der Waals surface area (Å²) in [6, 6.07) is 0. The van der Waals surface area contributed by atoms with E-state index in [4.69, 9.17) is 23.7 Å². The SMILES string of the molecule is C/C=C1/[C@H](O[C@@H]2O[C@H](CO)[C@@H](O)[C@H](O)[C@H]2O)OC=C(C(=O)OC)[C@H]1CC(=O)O[C@H]1C[C@@H](C(C)CO)[C@H](CO)[C@H]1C. The number of carbonyl (C=O) groups excluding carboxylic acids is 2. The summed E-state index contributed by atoms with van der Waals surface area (Å²) >= 11 is 0. The van der Waals surface area contributed by atoms with Gasteiger partial charge in [-0.25, -0.2) is 4.79 Å². The molecule has 2 fully saturated rings. The molecule has 3 rings (SSSR count). The van der Waals surface area contributed by atoms with Crippen LogP contribution in [0.25, 0.3) is 0 Å². The highest BCUT2D eigenvalue weighted by molar-refractivity contribution is 5.90. The normalized spacial score (nSPS) is 39.8. The largest absolute Gasteiger partial charge is 0.468 e. The van der Waals surface area contributed by atoms with Gasteiger partial charge in [0.25, 0.3) is 0 Å². The summed E-state index contributed by atoms with van der Waals surface area (Å²) in [6.45, 7) is 4.60. The van der Waals surface area contributed by atoms with Gasteiger partial charge in [0, 0.05) is 24.7 Å². The number of hydrogen-bond donors (Lipinski definition) is 6. The Balaban J connectivity index is 1.78. The molecule has 228 valence electrons. The summed E-state index contributed by atoms with van der Waals surface area (Å²) in [5, 5.41) is 59.5. The van der Waals surface area contributed by atoms with Crippen molar-refractivity contribution in [1.82, 2.24) is 0 Å². The van der Waals surface area contributed by atoms with Gasteiger partial charge in [-0.05, 0) is 37.0 Å². The lowest BCUT2D eigenvalue weighted by Crippen LogP contribution is -2.60. The van der Waals surface area contributed by atoms with E-state index in [2.05, 4.69) is 0 Å². The van der Waals surface area contributed by atoms with Crippen LogP contribution in [-0.4, -0.2) is 113 Å². The second-order valence-corrected chi connectivity index (χ2v) is 10.7. The van der Waals surface area contributed by atoms with Gasteiger partial charge in [0.15, 0.2) is 6.29 Å². The summed E-state index contributed by atoms with van der Waals surface area (Å²) < 4.78 is 27.5. The molecule has 0 radical (unpaired) electrons. The zero-order chi connectivity index (χ0) is 29.7. The summed E-state index contributed by atoms with van der Waals surface area (Å²) in [5.74, 6) is -2.65. The van der Waals surface area contributed by atoms with Crippen LogP contribution in [0.5, 0.6) is 0 Å². The highest BCUT2D eigenvalue weighted by Crippen LogP contribution is 2.43. The molecule has 6 N–H and O–H groups in total. The molecule has 0 aromatic rings. The van der Waals surface area contributed by atoms with Crippen molar-refractivity contribution in [2.45, 2.75) is 76.7 Å².